The zero-order valence-corrected chi connectivity index (χ0v) is 9.42. The molecule has 5 nitrogen and oxygen atoms in total. The van der Waals surface area contributed by atoms with Crippen molar-refractivity contribution in [2.45, 2.75) is 39.7 Å². The van der Waals surface area contributed by atoms with Crippen molar-refractivity contribution in [3.8, 4) is 0 Å². The molecule has 0 saturated carbocycles. The van der Waals surface area contributed by atoms with Crippen molar-refractivity contribution < 1.29 is 14.4 Å². The predicted molar refractivity (Wildman–Crippen MR) is 56.2 cm³/mol. The van der Waals surface area contributed by atoms with E-state index in [0.717, 1.165) is 6.42 Å². The predicted octanol–water partition coefficient (Wildman–Crippen LogP) is -0.00360. The van der Waals surface area contributed by atoms with Crippen LogP contribution in [0.1, 0.15) is 33.6 Å². The fourth-order valence-electron chi connectivity index (χ4n) is 1.11. The summed E-state index contributed by atoms with van der Waals surface area (Å²) in [6, 6.07) is -0.744. The van der Waals surface area contributed by atoms with Gasteiger partial charge in [-0.15, -0.1) is 0 Å². The maximum atomic E-state index is 11.5. The smallest absolute Gasteiger partial charge is 0.243 e. The Morgan fingerprint density at radius 2 is 1.80 bits per heavy atom. The van der Waals surface area contributed by atoms with Gasteiger partial charge in [0, 0.05) is 19.9 Å². The van der Waals surface area contributed by atoms with Crippen molar-refractivity contribution in [2.75, 3.05) is 6.54 Å². The molecule has 0 heterocycles. The van der Waals surface area contributed by atoms with Gasteiger partial charge < -0.3 is 10.6 Å². The molecule has 0 fully saturated rings. The molecule has 0 spiro atoms. The fourth-order valence-corrected chi connectivity index (χ4v) is 1.11. The van der Waals surface area contributed by atoms with Crippen LogP contribution in [0.3, 0.4) is 0 Å². The number of Topliss-reactive ketones (excluding diaryl/α,β-unsaturated/α-hetero) is 1. The van der Waals surface area contributed by atoms with E-state index in [1.54, 1.807) is 0 Å². The van der Waals surface area contributed by atoms with E-state index in [0.29, 0.717) is 6.54 Å². The van der Waals surface area contributed by atoms with Crippen LogP contribution < -0.4 is 10.6 Å². The van der Waals surface area contributed by atoms with Gasteiger partial charge in [0.15, 0.2) is 0 Å². The van der Waals surface area contributed by atoms with Crippen LogP contribution in [0.4, 0.5) is 0 Å². The lowest BCUT2D eigenvalue weighted by atomic mass is 10.1. The lowest BCUT2D eigenvalue weighted by Crippen LogP contribution is -2.47. The van der Waals surface area contributed by atoms with Gasteiger partial charge in [-0.25, -0.2) is 0 Å². The van der Waals surface area contributed by atoms with Gasteiger partial charge in [0.05, 0.1) is 0 Å². The number of hydrogen-bond donors (Lipinski definition) is 2. The molecule has 0 aliphatic heterocycles. The largest absolute Gasteiger partial charge is 0.354 e. The van der Waals surface area contributed by atoms with Gasteiger partial charge in [0.25, 0.3) is 0 Å². The van der Waals surface area contributed by atoms with E-state index in [2.05, 4.69) is 10.6 Å². The van der Waals surface area contributed by atoms with E-state index in [-0.39, 0.29) is 24.0 Å². The van der Waals surface area contributed by atoms with Gasteiger partial charge in [0.1, 0.15) is 11.8 Å². The molecule has 86 valence electrons. The SMILES string of the molecule is CCCNC(=O)C(CC(C)=O)NC(C)=O. The Morgan fingerprint density at radius 3 is 2.20 bits per heavy atom. The Morgan fingerprint density at radius 1 is 1.20 bits per heavy atom. The number of hydrogen-bond acceptors (Lipinski definition) is 3. The number of carbonyl (C=O) groups excluding carboxylic acids is 3. The maximum absolute atomic E-state index is 11.5. The topological polar surface area (TPSA) is 75.3 Å². The Kier molecular flexibility index (Phi) is 6.33. The molecular formula is C10H18N2O3. The third kappa shape index (κ3) is 6.65. The molecule has 0 radical (unpaired) electrons. The van der Waals surface area contributed by atoms with Crippen molar-refractivity contribution in [3.63, 3.8) is 0 Å². The quantitative estimate of drug-likeness (QED) is 0.653. The first-order valence-corrected chi connectivity index (χ1v) is 5.01. The highest BCUT2D eigenvalue weighted by atomic mass is 16.2. The van der Waals surface area contributed by atoms with E-state index in [9.17, 15) is 14.4 Å². The standard InChI is InChI=1S/C10H18N2O3/c1-4-5-11-10(15)9(6-7(2)13)12-8(3)14/h9H,4-6H2,1-3H3,(H,11,15)(H,12,14). The van der Waals surface area contributed by atoms with E-state index in [1.807, 2.05) is 6.92 Å². The molecule has 2 N–H and O–H groups in total. The number of rotatable bonds is 6. The highest BCUT2D eigenvalue weighted by Gasteiger charge is 2.20. The van der Waals surface area contributed by atoms with Crippen molar-refractivity contribution in [2.24, 2.45) is 0 Å². The average Bonchev–Trinajstić information content (AvgIpc) is 2.11. The number of nitrogens with one attached hydrogen (secondary N) is 2. The second-order valence-corrected chi connectivity index (χ2v) is 3.45. The molecule has 1 unspecified atom stereocenters. The fraction of sp³-hybridized carbons (Fsp3) is 0.700. The molecule has 1 atom stereocenters. The summed E-state index contributed by atoms with van der Waals surface area (Å²) >= 11 is 0. The minimum atomic E-state index is -0.744. The highest BCUT2D eigenvalue weighted by molar-refractivity contribution is 5.91. The summed E-state index contributed by atoms with van der Waals surface area (Å²) in [6.07, 6.45) is 0.855. The van der Waals surface area contributed by atoms with Crippen molar-refractivity contribution in [3.05, 3.63) is 0 Å². The molecule has 0 aromatic heterocycles. The molecule has 0 aromatic carbocycles. The normalized spacial score (nSPS) is 11.7. The Bertz CT molecular complexity index is 235. The number of carbonyl (C=O) groups is 3. The molecule has 0 bridgehead atoms. The van der Waals surface area contributed by atoms with Crippen LogP contribution in [0.2, 0.25) is 0 Å². The first-order chi connectivity index (χ1) is 6.97. The third-order valence-corrected chi connectivity index (χ3v) is 1.73. The van der Waals surface area contributed by atoms with Crippen LogP contribution in [-0.2, 0) is 14.4 Å². The molecular weight excluding hydrogens is 196 g/mol. The Balaban J connectivity index is 4.26. The van der Waals surface area contributed by atoms with Gasteiger partial charge in [-0.3, -0.25) is 14.4 Å². The molecule has 5 heteroatoms. The zero-order chi connectivity index (χ0) is 11.8. The summed E-state index contributed by atoms with van der Waals surface area (Å²) in [5.74, 6) is -0.740. The minimum absolute atomic E-state index is 0.0368. The Hall–Kier alpha value is -1.39. The van der Waals surface area contributed by atoms with E-state index < -0.39 is 6.04 Å². The minimum Gasteiger partial charge on any atom is -0.354 e. The summed E-state index contributed by atoms with van der Waals surface area (Å²) in [5.41, 5.74) is 0. The van der Waals surface area contributed by atoms with Gasteiger partial charge in [0.2, 0.25) is 11.8 Å². The molecule has 15 heavy (non-hydrogen) atoms. The van der Waals surface area contributed by atoms with Crippen molar-refractivity contribution in [1.29, 1.82) is 0 Å². The van der Waals surface area contributed by atoms with Crippen molar-refractivity contribution >= 4 is 17.6 Å². The van der Waals surface area contributed by atoms with Gasteiger partial charge in [-0.1, -0.05) is 6.92 Å². The summed E-state index contributed by atoms with van der Waals surface area (Å²) in [7, 11) is 0. The van der Waals surface area contributed by atoms with Crippen LogP contribution in [0.15, 0.2) is 0 Å². The second kappa shape index (κ2) is 6.98. The van der Waals surface area contributed by atoms with E-state index >= 15 is 0 Å². The lowest BCUT2D eigenvalue weighted by Gasteiger charge is -2.15. The van der Waals surface area contributed by atoms with Crippen LogP contribution in [0, 0.1) is 0 Å². The maximum Gasteiger partial charge on any atom is 0.243 e. The number of amides is 2. The van der Waals surface area contributed by atoms with Gasteiger partial charge >= 0.3 is 0 Å². The summed E-state index contributed by atoms with van der Waals surface area (Å²) in [4.78, 5) is 33.2. The van der Waals surface area contributed by atoms with Crippen LogP contribution >= 0.6 is 0 Å². The van der Waals surface area contributed by atoms with Crippen LogP contribution in [0.25, 0.3) is 0 Å². The molecule has 0 aliphatic carbocycles. The van der Waals surface area contributed by atoms with Crippen molar-refractivity contribution in [1.82, 2.24) is 10.6 Å². The second-order valence-electron chi connectivity index (χ2n) is 3.45. The summed E-state index contributed by atoms with van der Waals surface area (Å²) < 4.78 is 0. The number of ketones is 1. The first kappa shape index (κ1) is 13.6. The van der Waals surface area contributed by atoms with E-state index in [1.165, 1.54) is 13.8 Å². The molecule has 0 rings (SSSR count). The molecule has 0 saturated heterocycles. The zero-order valence-electron chi connectivity index (χ0n) is 9.42. The highest BCUT2D eigenvalue weighted by Crippen LogP contribution is 1.94. The first-order valence-electron chi connectivity index (χ1n) is 5.01. The van der Waals surface area contributed by atoms with Crippen LogP contribution in [-0.4, -0.2) is 30.2 Å². The van der Waals surface area contributed by atoms with Gasteiger partial charge in [-0.2, -0.15) is 0 Å². The monoisotopic (exact) mass is 214 g/mol. The molecule has 2 amide bonds. The summed E-state index contributed by atoms with van der Waals surface area (Å²) in [6.45, 7) is 5.19. The Labute approximate surface area is 89.6 Å². The lowest BCUT2D eigenvalue weighted by molar-refractivity contribution is -0.130. The molecule has 0 aromatic rings. The molecule has 0 aliphatic rings. The van der Waals surface area contributed by atoms with Gasteiger partial charge in [-0.05, 0) is 13.3 Å². The third-order valence-electron chi connectivity index (χ3n) is 1.73. The van der Waals surface area contributed by atoms with Crippen LogP contribution in [0.5, 0.6) is 0 Å². The average molecular weight is 214 g/mol. The summed E-state index contributed by atoms with van der Waals surface area (Å²) in [5, 5.41) is 5.09. The van der Waals surface area contributed by atoms with E-state index in [4.69, 9.17) is 0 Å².